The highest BCUT2D eigenvalue weighted by Gasteiger charge is 2.32. The average molecular weight is 314 g/mol. The number of hydrogen-bond acceptors (Lipinski definition) is 4. The second-order valence-electron chi connectivity index (χ2n) is 6.63. The number of pyridine rings is 1. The molecule has 0 spiro atoms. The van der Waals surface area contributed by atoms with E-state index in [9.17, 15) is 9.90 Å². The van der Waals surface area contributed by atoms with Crippen molar-refractivity contribution in [1.82, 2.24) is 19.9 Å². The SMILES string of the molecule is CC(C)Cn1cnc2cc(C(=O)NC3(CO)CC=CC3)cnc21. The van der Waals surface area contributed by atoms with Crippen LogP contribution in [0.15, 0.2) is 30.7 Å². The molecule has 2 aromatic rings. The zero-order chi connectivity index (χ0) is 16.4. The molecule has 2 aromatic heterocycles. The van der Waals surface area contributed by atoms with Gasteiger partial charge in [-0.25, -0.2) is 9.97 Å². The minimum Gasteiger partial charge on any atom is -0.394 e. The van der Waals surface area contributed by atoms with E-state index in [4.69, 9.17) is 0 Å². The van der Waals surface area contributed by atoms with Crippen LogP contribution in [0, 0.1) is 5.92 Å². The van der Waals surface area contributed by atoms with Crippen LogP contribution in [0.1, 0.15) is 37.0 Å². The minimum atomic E-state index is -0.580. The largest absolute Gasteiger partial charge is 0.394 e. The summed E-state index contributed by atoms with van der Waals surface area (Å²) in [5, 5.41) is 12.5. The Hall–Kier alpha value is -2.21. The van der Waals surface area contributed by atoms with Crippen molar-refractivity contribution in [3.05, 3.63) is 36.3 Å². The Morgan fingerprint density at radius 2 is 2.13 bits per heavy atom. The molecule has 1 amide bonds. The summed E-state index contributed by atoms with van der Waals surface area (Å²) in [7, 11) is 0. The van der Waals surface area contributed by atoms with Gasteiger partial charge >= 0.3 is 0 Å². The summed E-state index contributed by atoms with van der Waals surface area (Å²) in [6.07, 6.45) is 8.58. The van der Waals surface area contributed by atoms with Crippen LogP contribution < -0.4 is 5.32 Å². The zero-order valence-corrected chi connectivity index (χ0v) is 13.5. The first-order chi connectivity index (χ1) is 11.0. The fraction of sp³-hybridized carbons (Fsp3) is 0.471. The van der Waals surface area contributed by atoms with Crippen LogP contribution in [0.2, 0.25) is 0 Å². The lowest BCUT2D eigenvalue weighted by Gasteiger charge is -2.27. The number of carbonyl (C=O) groups excluding carboxylic acids is 1. The van der Waals surface area contributed by atoms with E-state index >= 15 is 0 Å². The van der Waals surface area contributed by atoms with Gasteiger partial charge in [0.1, 0.15) is 5.52 Å². The van der Waals surface area contributed by atoms with Crippen LogP contribution in [-0.4, -0.2) is 37.7 Å². The fourth-order valence-corrected chi connectivity index (χ4v) is 2.88. The van der Waals surface area contributed by atoms with Crippen LogP contribution in [0.3, 0.4) is 0 Å². The highest BCUT2D eigenvalue weighted by atomic mass is 16.3. The van der Waals surface area contributed by atoms with Crippen molar-refractivity contribution in [2.75, 3.05) is 6.61 Å². The lowest BCUT2D eigenvalue weighted by atomic mass is 9.97. The third-order valence-corrected chi connectivity index (χ3v) is 4.14. The lowest BCUT2D eigenvalue weighted by Crippen LogP contribution is -2.49. The number of hydrogen-bond donors (Lipinski definition) is 2. The number of rotatable bonds is 5. The van der Waals surface area contributed by atoms with Crippen molar-refractivity contribution >= 4 is 17.1 Å². The summed E-state index contributed by atoms with van der Waals surface area (Å²) in [5.41, 5.74) is 1.38. The van der Waals surface area contributed by atoms with Crippen LogP contribution in [-0.2, 0) is 6.54 Å². The Morgan fingerprint density at radius 3 is 2.78 bits per heavy atom. The van der Waals surface area contributed by atoms with E-state index in [1.54, 1.807) is 18.6 Å². The number of aromatic nitrogens is 3. The van der Waals surface area contributed by atoms with E-state index in [-0.39, 0.29) is 12.5 Å². The third kappa shape index (κ3) is 3.12. The molecule has 0 unspecified atom stereocenters. The maximum absolute atomic E-state index is 12.5. The number of imidazole rings is 1. The molecule has 0 aromatic carbocycles. The Bertz CT molecular complexity index is 740. The third-order valence-electron chi connectivity index (χ3n) is 4.14. The van der Waals surface area contributed by atoms with Crippen molar-refractivity contribution in [2.24, 2.45) is 5.92 Å². The topological polar surface area (TPSA) is 80.0 Å². The van der Waals surface area contributed by atoms with Crippen molar-refractivity contribution in [1.29, 1.82) is 0 Å². The molecule has 122 valence electrons. The molecule has 1 aliphatic carbocycles. The van der Waals surface area contributed by atoms with Crippen molar-refractivity contribution in [3.8, 4) is 0 Å². The number of nitrogens with one attached hydrogen (secondary N) is 1. The van der Waals surface area contributed by atoms with Crippen LogP contribution >= 0.6 is 0 Å². The van der Waals surface area contributed by atoms with Gasteiger partial charge in [0.15, 0.2) is 5.65 Å². The summed E-state index contributed by atoms with van der Waals surface area (Å²) in [4.78, 5) is 21.2. The smallest absolute Gasteiger partial charge is 0.253 e. The van der Waals surface area contributed by atoms with Crippen LogP contribution in [0.4, 0.5) is 0 Å². The Morgan fingerprint density at radius 1 is 1.39 bits per heavy atom. The number of aliphatic hydroxyl groups is 1. The molecule has 0 atom stereocenters. The number of aliphatic hydroxyl groups excluding tert-OH is 1. The molecular formula is C17H22N4O2. The molecular weight excluding hydrogens is 292 g/mol. The van der Waals surface area contributed by atoms with Gasteiger partial charge in [-0.1, -0.05) is 26.0 Å². The van der Waals surface area contributed by atoms with Crippen LogP contribution in [0.25, 0.3) is 11.2 Å². The first-order valence-electron chi connectivity index (χ1n) is 7.92. The van der Waals surface area contributed by atoms with Crippen LogP contribution in [0.5, 0.6) is 0 Å². The number of amides is 1. The van der Waals surface area contributed by atoms with Crippen molar-refractivity contribution in [2.45, 2.75) is 38.8 Å². The number of nitrogens with zero attached hydrogens (tertiary/aromatic N) is 3. The predicted molar refractivity (Wildman–Crippen MR) is 88.0 cm³/mol. The number of carbonyl (C=O) groups is 1. The molecule has 2 N–H and O–H groups in total. The van der Waals surface area contributed by atoms with Gasteiger partial charge in [-0.15, -0.1) is 0 Å². The van der Waals surface area contributed by atoms with Gasteiger partial charge in [0.25, 0.3) is 5.91 Å². The molecule has 6 heteroatoms. The Labute approximate surface area is 135 Å². The summed E-state index contributed by atoms with van der Waals surface area (Å²) in [6.45, 7) is 5.04. The van der Waals surface area contributed by atoms with Crippen molar-refractivity contribution < 1.29 is 9.90 Å². The summed E-state index contributed by atoms with van der Waals surface area (Å²) < 4.78 is 2.00. The first kappa shape index (κ1) is 15.7. The van der Waals surface area contributed by atoms with Gasteiger partial charge in [0.2, 0.25) is 0 Å². The summed E-state index contributed by atoms with van der Waals surface area (Å²) in [6, 6.07) is 1.75. The highest BCUT2D eigenvalue weighted by molar-refractivity contribution is 5.96. The van der Waals surface area contributed by atoms with E-state index in [0.717, 1.165) is 12.2 Å². The second kappa shape index (κ2) is 6.12. The molecule has 1 aliphatic rings. The molecule has 0 radical (unpaired) electrons. The lowest BCUT2D eigenvalue weighted by molar-refractivity contribution is 0.0845. The molecule has 0 saturated carbocycles. The van der Waals surface area contributed by atoms with E-state index in [2.05, 4.69) is 29.1 Å². The van der Waals surface area contributed by atoms with Gasteiger partial charge < -0.3 is 15.0 Å². The van der Waals surface area contributed by atoms with Gasteiger partial charge in [-0.2, -0.15) is 0 Å². The maximum Gasteiger partial charge on any atom is 0.253 e. The molecule has 0 fully saturated rings. The normalized spacial score (nSPS) is 16.3. The van der Waals surface area contributed by atoms with E-state index in [1.165, 1.54) is 0 Å². The standard InChI is InChI=1S/C17H22N4O2/c1-12(2)9-21-11-19-14-7-13(8-18-15(14)21)16(23)20-17(10-22)5-3-4-6-17/h3-4,7-8,11-12,22H,5-6,9-10H2,1-2H3,(H,20,23). The Balaban J connectivity index is 1.81. The average Bonchev–Trinajstić information content (AvgIpc) is 3.14. The van der Waals surface area contributed by atoms with E-state index in [0.29, 0.717) is 29.8 Å². The highest BCUT2D eigenvalue weighted by Crippen LogP contribution is 2.23. The minimum absolute atomic E-state index is 0.0789. The molecule has 3 rings (SSSR count). The molecule has 23 heavy (non-hydrogen) atoms. The molecule has 6 nitrogen and oxygen atoms in total. The maximum atomic E-state index is 12.5. The van der Waals surface area contributed by atoms with Gasteiger partial charge in [0, 0.05) is 12.7 Å². The first-order valence-corrected chi connectivity index (χ1v) is 7.92. The molecule has 0 aliphatic heterocycles. The molecule has 0 saturated heterocycles. The van der Waals surface area contributed by atoms with E-state index < -0.39 is 5.54 Å². The van der Waals surface area contributed by atoms with Gasteiger partial charge in [-0.05, 0) is 24.8 Å². The summed E-state index contributed by atoms with van der Waals surface area (Å²) >= 11 is 0. The predicted octanol–water partition coefficient (Wildman–Crippen LogP) is 1.90. The van der Waals surface area contributed by atoms with Gasteiger partial charge in [-0.3, -0.25) is 4.79 Å². The molecule has 0 bridgehead atoms. The van der Waals surface area contributed by atoms with Gasteiger partial charge in [0.05, 0.1) is 24.0 Å². The Kier molecular flexibility index (Phi) is 4.17. The monoisotopic (exact) mass is 314 g/mol. The zero-order valence-electron chi connectivity index (χ0n) is 13.5. The quantitative estimate of drug-likeness (QED) is 0.826. The van der Waals surface area contributed by atoms with E-state index in [1.807, 2.05) is 16.7 Å². The van der Waals surface area contributed by atoms with Crippen molar-refractivity contribution in [3.63, 3.8) is 0 Å². The number of fused-ring (bicyclic) bond motifs is 1. The summed E-state index contributed by atoms with van der Waals surface area (Å²) in [5.74, 6) is 0.270. The fourth-order valence-electron chi connectivity index (χ4n) is 2.88. The molecule has 2 heterocycles. The second-order valence-corrected chi connectivity index (χ2v) is 6.63.